The van der Waals surface area contributed by atoms with Gasteiger partial charge in [0.05, 0.1) is 13.2 Å². The van der Waals surface area contributed by atoms with Gasteiger partial charge in [-0.05, 0) is 0 Å². The van der Waals surface area contributed by atoms with Crippen molar-refractivity contribution in [3.05, 3.63) is 33.1 Å². The van der Waals surface area contributed by atoms with Gasteiger partial charge in [0.25, 0.3) is 5.56 Å². The van der Waals surface area contributed by atoms with Crippen LogP contribution >= 0.6 is 0 Å². The Morgan fingerprint density at radius 2 is 2.25 bits per heavy atom. The number of nitrogens with zero attached hydrogens (tertiary/aromatic N) is 1. The number of methoxy groups -OCH3 is 1. The topological polar surface area (TPSA) is 134 Å². The highest BCUT2D eigenvalue weighted by Crippen LogP contribution is 2.37. The lowest BCUT2D eigenvalue weighted by Crippen LogP contribution is -2.52. The summed E-state index contributed by atoms with van der Waals surface area (Å²) in [6.07, 6.45) is -2.67. The Balaban J connectivity index is 2.47. The Bertz CT molecular complexity index is 583. The molecule has 4 atom stereocenters. The van der Waals surface area contributed by atoms with Crippen molar-refractivity contribution in [2.75, 3.05) is 20.3 Å². The first-order valence-corrected chi connectivity index (χ1v) is 5.91. The molecular weight excluding hydrogens is 272 g/mol. The van der Waals surface area contributed by atoms with Gasteiger partial charge >= 0.3 is 5.69 Å². The van der Waals surface area contributed by atoms with Gasteiger partial charge in [-0.2, -0.15) is 0 Å². The molecule has 0 saturated carbocycles. The molecular formula is C11H16N2O7. The van der Waals surface area contributed by atoms with E-state index in [0.717, 1.165) is 16.8 Å². The Labute approximate surface area is 113 Å². The van der Waals surface area contributed by atoms with E-state index in [0.29, 0.717) is 0 Å². The van der Waals surface area contributed by atoms with Crippen molar-refractivity contribution in [3.8, 4) is 0 Å². The van der Waals surface area contributed by atoms with Gasteiger partial charge in [0.2, 0.25) is 0 Å². The zero-order valence-electron chi connectivity index (χ0n) is 10.7. The molecule has 1 aliphatic rings. The summed E-state index contributed by atoms with van der Waals surface area (Å²) in [5.41, 5.74) is -3.33. The second kappa shape index (κ2) is 5.46. The van der Waals surface area contributed by atoms with Gasteiger partial charge in [0, 0.05) is 19.4 Å². The highest BCUT2D eigenvalue weighted by molar-refractivity contribution is 5.03. The van der Waals surface area contributed by atoms with E-state index in [4.69, 9.17) is 14.6 Å². The van der Waals surface area contributed by atoms with Crippen molar-refractivity contribution in [1.29, 1.82) is 0 Å². The van der Waals surface area contributed by atoms with Crippen molar-refractivity contribution >= 4 is 0 Å². The molecule has 112 valence electrons. The van der Waals surface area contributed by atoms with Crippen LogP contribution in [0.5, 0.6) is 0 Å². The van der Waals surface area contributed by atoms with Gasteiger partial charge in [0.15, 0.2) is 11.8 Å². The number of hydrogen-bond acceptors (Lipinski definition) is 7. The van der Waals surface area contributed by atoms with Crippen LogP contribution in [0.2, 0.25) is 0 Å². The summed E-state index contributed by atoms with van der Waals surface area (Å²) in [5, 5.41) is 29.7. The van der Waals surface area contributed by atoms with Crippen LogP contribution in [-0.2, 0) is 9.47 Å². The van der Waals surface area contributed by atoms with Crippen LogP contribution in [0.1, 0.15) is 6.23 Å². The molecule has 0 radical (unpaired) electrons. The lowest BCUT2D eigenvalue weighted by Gasteiger charge is -2.30. The molecule has 1 aliphatic heterocycles. The molecule has 20 heavy (non-hydrogen) atoms. The van der Waals surface area contributed by atoms with Crippen molar-refractivity contribution in [2.24, 2.45) is 0 Å². The molecule has 1 fully saturated rings. The lowest BCUT2D eigenvalue weighted by molar-refractivity contribution is -0.141. The highest BCUT2D eigenvalue weighted by Gasteiger charge is 2.56. The predicted octanol–water partition coefficient (Wildman–Crippen LogP) is -2.84. The van der Waals surface area contributed by atoms with E-state index in [-0.39, 0.29) is 6.61 Å². The quantitative estimate of drug-likeness (QED) is 0.469. The van der Waals surface area contributed by atoms with Crippen LogP contribution < -0.4 is 11.2 Å². The van der Waals surface area contributed by atoms with E-state index in [1.165, 1.54) is 7.11 Å². The predicted molar refractivity (Wildman–Crippen MR) is 65.2 cm³/mol. The number of aliphatic hydroxyl groups is 3. The standard InChI is InChI=1S/C11H16N2O7/c1-19-5-11(18)8(16)6(4-14)20-9(11)13-3-2-7(15)12-10(13)17/h2-3,6,8-9,14,16,18H,4-5H2,1H3,(H,12,15,17)/t6-,8-,9-,11-/m1/s1. The van der Waals surface area contributed by atoms with E-state index in [2.05, 4.69) is 0 Å². The van der Waals surface area contributed by atoms with Crippen molar-refractivity contribution < 1.29 is 24.8 Å². The van der Waals surface area contributed by atoms with Gasteiger partial charge < -0.3 is 24.8 Å². The summed E-state index contributed by atoms with van der Waals surface area (Å²) >= 11 is 0. The number of nitrogens with one attached hydrogen (secondary N) is 1. The largest absolute Gasteiger partial charge is 0.394 e. The fourth-order valence-electron chi connectivity index (χ4n) is 2.27. The number of rotatable bonds is 4. The van der Waals surface area contributed by atoms with E-state index in [9.17, 15) is 19.8 Å². The Kier molecular flexibility index (Phi) is 4.06. The van der Waals surface area contributed by atoms with E-state index >= 15 is 0 Å². The highest BCUT2D eigenvalue weighted by atomic mass is 16.6. The maximum atomic E-state index is 11.8. The summed E-state index contributed by atoms with van der Waals surface area (Å²) in [7, 11) is 1.31. The molecule has 1 aromatic rings. The van der Waals surface area contributed by atoms with Gasteiger partial charge in [-0.25, -0.2) is 4.79 Å². The minimum absolute atomic E-state index is 0.319. The maximum Gasteiger partial charge on any atom is 0.330 e. The monoisotopic (exact) mass is 288 g/mol. The number of aromatic amines is 1. The van der Waals surface area contributed by atoms with Crippen LogP contribution in [0.4, 0.5) is 0 Å². The van der Waals surface area contributed by atoms with Gasteiger partial charge in [-0.1, -0.05) is 0 Å². The Morgan fingerprint density at radius 3 is 2.80 bits per heavy atom. The number of ether oxygens (including phenoxy) is 2. The molecule has 1 aromatic heterocycles. The molecule has 2 heterocycles. The first kappa shape index (κ1) is 14.9. The van der Waals surface area contributed by atoms with Crippen LogP contribution in [0, 0.1) is 0 Å². The van der Waals surface area contributed by atoms with E-state index in [1.807, 2.05) is 4.98 Å². The summed E-state index contributed by atoms with van der Waals surface area (Å²) < 4.78 is 11.1. The minimum atomic E-state index is -1.93. The zero-order chi connectivity index (χ0) is 14.9. The molecule has 0 aliphatic carbocycles. The first-order chi connectivity index (χ1) is 9.43. The molecule has 9 heteroatoms. The minimum Gasteiger partial charge on any atom is -0.394 e. The zero-order valence-corrected chi connectivity index (χ0v) is 10.7. The lowest BCUT2D eigenvalue weighted by atomic mass is 9.95. The third-order valence-corrected chi connectivity index (χ3v) is 3.25. The molecule has 4 N–H and O–H groups in total. The summed E-state index contributed by atoms with van der Waals surface area (Å²) in [6, 6.07) is 1.08. The smallest absolute Gasteiger partial charge is 0.330 e. The molecule has 1 saturated heterocycles. The summed E-state index contributed by atoms with van der Waals surface area (Å²) in [5.74, 6) is 0. The average molecular weight is 288 g/mol. The van der Waals surface area contributed by atoms with Crippen LogP contribution in [0.25, 0.3) is 0 Å². The molecule has 0 spiro atoms. The normalized spacial score (nSPS) is 33.5. The number of aromatic nitrogens is 2. The number of aliphatic hydroxyl groups excluding tert-OH is 2. The SMILES string of the molecule is COC[C@@]1(O)[C@H](O)[C@@H](CO)O[C@H]1n1ccc(=O)[nH]c1=O. The van der Waals surface area contributed by atoms with E-state index < -0.39 is 41.9 Å². The van der Waals surface area contributed by atoms with Crippen molar-refractivity contribution in [2.45, 2.75) is 24.0 Å². The Hall–Kier alpha value is -1.52. The second-order valence-electron chi connectivity index (χ2n) is 4.60. The second-order valence-corrected chi connectivity index (χ2v) is 4.60. The molecule has 0 aromatic carbocycles. The Morgan fingerprint density at radius 1 is 1.55 bits per heavy atom. The van der Waals surface area contributed by atoms with E-state index in [1.54, 1.807) is 0 Å². The fourth-order valence-corrected chi connectivity index (χ4v) is 2.27. The summed E-state index contributed by atoms with van der Waals surface area (Å²) in [4.78, 5) is 24.8. The summed E-state index contributed by atoms with van der Waals surface area (Å²) in [6.45, 7) is -0.858. The van der Waals surface area contributed by atoms with Crippen molar-refractivity contribution in [1.82, 2.24) is 9.55 Å². The fraction of sp³-hybridized carbons (Fsp3) is 0.636. The van der Waals surface area contributed by atoms with Crippen molar-refractivity contribution in [3.63, 3.8) is 0 Å². The average Bonchev–Trinajstić information content (AvgIpc) is 2.63. The molecule has 2 rings (SSSR count). The molecule has 0 amide bonds. The third-order valence-electron chi connectivity index (χ3n) is 3.25. The molecule has 0 unspecified atom stereocenters. The molecule has 0 bridgehead atoms. The van der Waals surface area contributed by atoms with Gasteiger partial charge in [-0.15, -0.1) is 0 Å². The van der Waals surface area contributed by atoms with Gasteiger partial charge in [-0.3, -0.25) is 14.3 Å². The number of hydrogen-bond donors (Lipinski definition) is 4. The van der Waals surface area contributed by atoms with Crippen LogP contribution in [0.15, 0.2) is 21.9 Å². The van der Waals surface area contributed by atoms with Crippen LogP contribution in [0.3, 0.4) is 0 Å². The van der Waals surface area contributed by atoms with Gasteiger partial charge in [0.1, 0.15) is 12.2 Å². The maximum absolute atomic E-state index is 11.8. The first-order valence-electron chi connectivity index (χ1n) is 5.91. The number of H-pyrrole nitrogens is 1. The third kappa shape index (κ3) is 2.30. The van der Waals surface area contributed by atoms with Crippen LogP contribution in [-0.4, -0.2) is 63.0 Å². The molecule has 9 nitrogen and oxygen atoms in total.